The lowest BCUT2D eigenvalue weighted by Gasteiger charge is -2.31. The van der Waals surface area contributed by atoms with Gasteiger partial charge in [0.1, 0.15) is 5.82 Å². The van der Waals surface area contributed by atoms with Gasteiger partial charge in [0.25, 0.3) is 0 Å². The first kappa shape index (κ1) is 15.8. The van der Waals surface area contributed by atoms with Crippen molar-refractivity contribution >= 4 is 17.7 Å². The number of hydrogen-bond donors (Lipinski definition) is 0. The van der Waals surface area contributed by atoms with E-state index in [2.05, 4.69) is 0 Å². The molecule has 2 unspecified atom stereocenters. The lowest BCUT2D eigenvalue weighted by atomic mass is 10.1. The van der Waals surface area contributed by atoms with Crippen molar-refractivity contribution in [3.63, 3.8) is 0 Å². The molecular formula is C17H22FNO2S. The molecular weight excluding hydrogens is 301 g/mol. The predicted octanol–water partition coefficient (Wildman–Crippen LogP) is 3.40. The molecule has 2 heterocycles. The molecule has 1 aromatic carbocycles. The van der Waals surface area contributed by atoms with Crippen LogP contribution in [0.25, 0.3) is 0 Å². The Balaban J connectivity index is 1.60. The molecule has 0 saturated carbocycles. The molecule has 1 aromatic rings. The van der Waals surface area contributed by atoms with E-state index in [1.54, 1.807) is 23.9 Å². The minimum absolute atomic E-state index is 0.00103. The van der Waals surface area contributed by atoms with Crippen LogP contribution in [0.15, 0.2) is 24.3 Å². The van der Waals surface area contributed by atoms with Crippen molar-refractivity contribution in [2.24, 2.45) is 0 Å². The molecule has 1 amide bonds. The van der Waals surface area contributed by atoms with Crippen LogP contribution in [0.5, 0.6) is 0 Å². The average molecular weight is 323 g/mol. The second-order valence-electron chi connectivity index (χ2n) is 5.99. The fourth-order valence-electron chi connectivity index (χ4n) is 3.24. The fraction of sp³-hybridized carbons (Fsp3) is 0.588. The molecule has 0 spiro atoms. The summed E-state index contributed by atoms with van der Waals surface area (Å²) in [5.41, 5.74) is 0.947. The second kappa shape index (κ2) is 7.01. The summed E-state index contributed by atoms with van der Waals surface area (Å²) in [6, 6.07) is 7.02. The van der Waals surface area contributed by atoms with Gasteiger partial charge >= 0.3 is 0 Å². The van der Waals surface area contributed by atoms with Crippen LogP contribution in [-0.2, 0) is 9.53 Å². The van der Waals surface area contributed by atoms with Gasteiger partial charge in [-0.3, -0.25) is 4.79 Å². The minimum Gasteiger partial charge on any atom is -0.381 e. The quantitative estimate of drug-likeness (QED) is 0.850. The van der Waals surface area contributed by atoms with Crippen LogP contribution >= 0.6 is 11.8 Å². The Labute approximate surface area is 135 Å². The molecule has 5 heteroatoms. The number of amides is 1. The molecule has 2 atom stereocenters. The molecule has 0 radical (unpaired) electrons. The first-order valence-electron chi connectivity index (χ1n) is 7.94. The van der Waals surface area contributed by atoms with Gasteiger partial charge in [-0.05, 0) is 43.9 Å². The highest BCUT2D eigenvalue weighted by molar-refractivity contribution is 8.00. The summed E-state index contributed by atoms with van der Waals surface area (Å²) < 4.78 is 18.7. The van der Waals surface area contributed by atoms with Gasteiger partial charge in [-0.2, -0.15) is 0 Å². The maximum atomic E-state index is 13.3. The smallest absolute Gasteiger partial charge is 0.236 e. The van der Waals surface area contributed by atoms with Gasteiger partial charge in [-0.15, -0.1) is 11.8 Å². The van der Waals surface area contributed by atoms with Crippen LogP contribution in [0.1, 0.15) is 37.0 Å². The van der Waals surface area contributed by atoms with Gasteiger partial charge in [-0.1, -0.05) is 12.1 Å². The van der Waals surface area contributed by atoms with E-state index in [1.165, 1.54) is 6.07 Å². The topological polar surface area (TPSA) is 29.5 Å². The van der Waals surface area contributed by atoms with Gasteiger partial charge in [0.2, 0.25) is 5.91 Å². The normalized spacial score (nSPS) is 24.7. The summed E-state index contributed by atoms with van der Waals surface area (Å²) >= 11 is 1.66. The highest BCUT2D eigenvalue weighted by atomic mass is 32.2. The lowest BCUT2D eigenvalue weighted by Crippen LogP contribution is -2.41. The maximum Gasteiger partial charge on any atom is 0.236 e. The number of hydrogen-bond acceptors (Lipinski definition) is 3. The van der Waals surface area contributed by atoms with Crippen LogP contribution < -0.4 is 0 Å². The van der Waals surface area contributed by atoms with E-state index >= 15 is 0 Å². The summed E-state index contributed by atoms with van der Waals surface area (Å²) in [7, 11) is 0. The molecule has 120 valence electrons. The molecule has 0 aliphatic carbocycles. The lowest BCUT2D eigenvalue weighted by molar-refractivity contribution is -0.130. The van der Waals surface area contributed by atoms with Crippen LogP contribution in [0.3, 0.4) is 0 Å². The number of halogens is 1. The van der Waals surface area contributed by atoms with Crippen molar-refractivity contribution in [1.29, 1.82) is 0 Å². The Morgan fingerprint density at radius 3 is 2.82 bits per heavy atom. The van der Waals surface area contributed by atoms with Crippen molar-refractivity contribution < 1.29 is 13.9 Å². The zero-order chi connectivity index (χ0) is 15.5. The number of carbonyl (C=O) groups excluding carboxylic acids is 1. The third-order valence-electron chi connectivity index (χ3n) is 4.51. The molecule has 3 nitrogen and oxygen atoms in total. The van der Waals surface area contributed by atoms with Gasteiger partial charge in [0.15, 0.2) is 0 Å². The van der Waals surface area contributed by atoms with Crippen LogP contribution in [-0.4, -0.2) is 41.9 Å². The largest absolute Gasteiger partial charge is 0.381 e. The fourth-order valence-corrected chi connectivity index (χ4v) is 4.53. The Hall–Kier alpha value is -1.07. The van der Waals surface area contributed by atoms with Crippen molar-refractivity contribution in [1.82, 2.24) is 4.90 Å². The predicted molar refractivity (Wildman–Crippen MR) is 86.4 cm³/mol. The van der Waals surface area contributed by atoms with E-state index in [4.69, 9.17) is 4.74 Å². The standard InChI is InChI=1S/C17H22FNO2S/c1-12(13-3-2-4-14(18)11-13)22-16-5-8-19(17(16)20)15-6-9-21-10-7-15/h2-4,11-12,15-16H,5-10H2,1H3. The molecule has 22 heavy (non-hydrogen) atoms. The third-order valence-corrected chi connectivity index (χ3v) is 5.96. The average Bonchev–Trinajstić information content (AvgIpc) is 2.89. The van der Waals surface area contributed by atoms with Crippen molar-refractivity contribution in [3.8, 4) is 0 Å². The van der Waals surface area contributed by atoms with Crippen molar-refractivity contribution in [3.05, 3.63) is 35.6 Å². The molecule has 2 aliphatic rings. The Bertz CT molecular complexity index is 533. The highest BCUT2D eigenvalue weighted by Crippen LogP contribution is 2.37. The van der Waals surface area contributed by atoms with Crippen LogP contribution in [0.4, 0.5) is 4.39 Å². The molecule has 2 fully saturated rings. The van der Waals surface area contributed by atoms with E-state index < -0.39 is 0 Å². The summed E-state index contributed by atoms with van der Waals surface area (Å²) in [6.07, 6.45) is 2.78. The van der Waals surface area contributed by atoms with E-state index in [0.29, 0.717) is 6.04 Å². The molecule has 3 rings (SSSR count). The minimum atomic E-state index is -0.216. The summed E-state index contributed by atoms with van der Waals surface area (Å²) in [4.78, 5) is 14.7. The molecule has 0 bridgehead atoms. The summed E-state index contributed by atoms with van der Waals surface area (Å²) in [6.45, 7) is 4.40. The number of rotatable bonds is 4. The van der Waals surface area contributed by atoms with Crippen LogP contribution in [0.2, 0.25) is 0 Å². The Kier molecular flexibility index (Phi) is 5.03. The number of carbonyl (C=O) groups is 1. The zero-order valence-corrected chi connectivity index (χ0v) is 13.7. The van der Waals surface area contributed by atoms with Crippen molar-refractivity contribution in [2.45, 2.75) is 42.7 Å². The van der Waals surface area contributed by atoms with E-state index in [9.17, 15) is 9.18 Å². The number of likely N-dealkylation sites (tertiary alicyclic amines) is 1. The van der Waals surface area contributed by atoms with Gasteiger partial charge in [-0.25, -0.2) is 4.39 Å². The van der Waals surface area contributed by atoms with Gasteiger partial charge < -0.3 is 9.64 Å². The van der Waals surface area contributed by atoms with E-state index in [1.807, 2.05) is 17.9 Å². The third kappa shape index (κ3) is 3.46. The number of thioether (sulfide) groups is 1. The molecule has 0 aromatic heterocycles. The first-order valence-corrected chi connectivity index (χ1v) is 8.88. The first-order chi connectivity index (χ1) is 10.6. The number of nitrogens with zero attached hydrogens (tertiary/aromatic N) is 1. The molecule has 0 N–H and O–H groups in total. The zero-order valence-electron chi connectivity index (χ0n) is 12.8. The van der Waals surface area contributed by atoms with E-state index in [0.717, 1.165) is 44.6 Å². The van der Waals surface area contributed by atoms with E-state index in [-0.39, 0.29) is 22.2 Å². The Morgan fingerprint density at radius 2 is 2.09 bits per heavy atom. The summed E-state index contributed by atoms with van der Waals surface area (Å²) in [5, 5.41) is 0.125. The molecule has 2 aliphatic heterocycles. The van der Waals surface area contributed by atoms with Gasteiger partial charge in [0.05, 0.1) is 5.25 Å². The Morgan fingerprint density at radius 1 is 1.32 bits per heavy atom. The van der Waals surface area contributed by atoms with Crippen LogP contribution in [0, 0.1) is 5.82 Å². The van der Waals surface area contributed by atoms with Gasteiger partial charge in [0, 0.05) is 31.1 Å². The maximum absolute atomic E-state index is 13.3. The number of benzene rings is 1. The SMILES string of the molecule is CC(SC1CCN(C2CCOCC2)C1=O)c1cccc(F)c1. The number of ether oxygens (including phenoxy) is 1. The monoisotopic (exact) mass is 323 g/mol. The second-order valence-corrected chi connectivity index (χ2v) is 7.53. The highest BCUT2D eigenvalue weighted by Gasteiger charge is 2.37. The van der Waals surface area contributed by atoms with Crippen molar-refractivity contribution in [2.75, 3.05) is 19.8 Å². The summed E-state index contributed by atoms with van der Waals surface area (Å²) in [5.74, 6) is 0.0340. The molecule has 2 saturated heterocycles.